The SMILES string of the molecule is CCCNc1cc(-c2cccnc2)nc(C(C)(C)C)n1. The van der Waals surface area contributed by atoms with Gasteiger partial charge in [-0.2, -0.15) is 0 Å². The summed E-state index contributed by atoms with van der Waals surface area (Å²) in [5.41, 5.74) is 1.84. The lowest BCUT2D eigenvalue weighted by Crippen LogP contribution is -2.18. The Bertz CT molecular complexity index is 558. The van der Waals surface area contributed by atoms with E-state index in [1.165, 1.54) is 0 Å². The lowest BCUT2D eigenvalue weighted by molar-refractivity contribution is 0.546. The van der Waals surface area contributed by atoms with Gasteiger partial charge in [0, 0.05) is 36.0 Å². The van der Waals surface area contributed by atoms with Crippen LogP contribution in [0, 0.1) is 0 Å². The van der Waals surface area contributed by atoms with Crippen molar-refractivity contribution in [2.24, 2.45) is 0 Å². The molecule has 1 N–H and O–H groups in total. The van der Waals surface area contributed by atoms with E-state index in [1.807, 2.05) is 24.4 Å². The molecule has 0 radical (unpaired) electrons. The molecule has 0 aliphatic carbocycles. The number of anilines is 1. The van der Waals surface area contributed by atoms with Crippen LogP contribution in [0.4, 0.5) is 5.82 Å². The van der Waals surface area contributed by atoms with Crippen molar-refractivity contribution < 1.29 is 0 Å². The van der Waals surface area contributed by atoms with Crippen molar-refractivity contribution in [2.75, 3.05) is 11.9 Å². The van der Waals surface area contributed by atoms with Gasteiger partial charge in [0.1, 0.15) is 11.6 Å². The highest BCUT2D eigenvalue weighted by Gasteiger charge is 2.19. The molecule has 0 saturated carbocycles. The van der Waals surface area contributed by atoms with Crippen molar-refractivity contribution in [1.82, 2.24) is 15.0 Å². The lowest BCUT2D eigenvalue weighted by Gasteiger charge is -2.19. The van der Waals surface area contributed by atoms with Crippen molar-refractivity contribution in [2.45, 2.75) is 39.5 Å². The average Bonchev–Trinajstić information content (AvgIpc) is 2.45. The second-order valence-electron chi connectivity index (χ2n) is 5.88. The summed E-state index contributed by atoms with van der Waals surface area (Å²) in [4.78, 5) is 13.5. The summed E-state index contributed by atoms with van der Waals surface area (Å²) in [6, 6.07) is 5.93. The van der Waals surface area contributed by atoms with Gasteiger partial charge in [-0.3, -0.25) is 4.98 Å². The predicted molar refractivity (Wildman–Crippen MR) is 82.7 cm³/mol. The number of pyridine rings is 1. The highest BCUT2D eigenvalue weighted by Crippen LogP contribution is 2.25. The quantitative estimate of drug-likeness (QED) is 0.921. The molecule has 0 bridgehead atoms. The zero-order valence-electron chi connectivity index (χ0n) is 12.6. The zero-order chi connectivity index (χ0) is 14.6. The van der Waals surface area contributed by atoms with Gasteiger partial charge in [0.2, 0.25) is 0 Å². The van der Waals surface area contributed by atoms with Crippen LogP contribution in [0.15, 0.2) is 30.6 Å². The number of nitrogens with zero attached hydrogens (tertiary/aromatic N) is 3. The van der Waals surface area contributed by atoms with Crippen molar-refractivity contribution >= 4 is 5.82 Å². The van der Waals surface area contributed by atoms with Crippen molar-refractivity contribution in [3.63, 3.8) is 0 Å². The van der Waals surface area contributed by atoms with E-state index in [1.54, 1.807) is 6.20 Å². The molecule has 0 fully saturated rings. The van der Waals surface area contributed by atoms with Gasteiger partial charge in [-0.25, -0.2) is 9.97 Å². The molecule has 0 aliphatic rings. The molecule has 2 aromatic heterocycles. The first-order chi connectivity index (χ1) is 9.50. The first-order valence-corrected chi connectivity index (χ1v) is 7.04. The summed E-state index contributed by atoms with van der Waals surface area (Å²) in [6.07, 6.45) is 4.67. The molecule has 0 unspecified atom stereocenters. The number of hydrogen-bond donors (Lipinski definition) is 1. The molecule has 0 aromatic carbocycles. The Morgan fingerprint density at radius 3 is 2.60 bits per heavy atom. The van der Waals surface area contributed by atoms with E-state index in [0.29, 0.717) is 0 Å². The molecular weight excluding hydrogens is 248 g/mol. The fourth-order valence-corrected chi connectivity index (χ4v) is 1.79. The smallest absolute Gasteiger partial charge is 0.136 e. The first-order valence-electron chi connectivity index (χ1n) is 7.04. The summed E-state index contributed by atoms with van der Waals surface area (Å²) >= 11 is 0. The Morgan fingerprint density at radius 2 is 2.00 bits per heavy atom. The van der Waals surface area contributed by atoms with Crippen LogP contribution < -0.4 is 5.32 Å². The van der Waals surface area contributed by atoms with Crippen LogP contribution in [-0.4, -0.2) is 21.5 Å². The van der Waals surface area contributed by atoms with Crippen molar-refractivity contribution in [1.29, 1.82) is 0 Å². The molecule has 2 heterocycles. The Labute approximate surface area is 120 Å². The topological polar surface area (TPSA) is 50.7 Å². The van der Waals surface area contributed by atoms with Crippen LogP contribution in [0.5, 0.6) is 0 Å². The van der Waals surface area contributed by atoms with Crippen LogP contribution >= 0.6 is 0 Å². The van der Waals surface area contributed by atoms with Crippen LogP contribution in [0.2, 0.25) is 0 Å². The van der Waals surface area contributed by atoms with E-state index >= 15 is 0 Å². The fraction of sp³-hybridized carbons (Fsp3) is 0.438. The van der Waals surface area contributed by atoms with E-state index in [4.69, 9.17) is 4.98 Å². The monoisotopic (exact) mass is 270 g/mol. The molecule has 2 rings (SSSR count). The molecule has 0 spiro atoms. The second-order valence-corrected chi connectivity index (χ2v) is 5.88. The minimum atomic E-state index is -0.0825. The summed E-state index contributed by atoms with van der Waals surface area (Å²) in [6.45, 7) is 9.42. The maximum absolute atomic E-state index is 4.69. The molecule has 4 heteroatoms. The van der Waals surface area contributed by atoms with Gasteiger partial charge in [0.25, 0.3) is 0 Å². The van der Waals surface area contributed by atoms with Gasteiger partial charge in [0.05, 0.1) is 5.69 Å². The second kappa shape index (κ2) is 5.99. The summed E-state index contributed by atoms with van der Waals surface area (Å²) in [5.74, 6) is 1.73. The molecule has 0 amide bonds. The molecule has 2 aromatic rings. The van der Waals surface area contributed by atoms with Crippen LogP contribution in [0.25, 0.3) is 11.3 Å². The lowest BCUT2D eigenvalue weighted by atomic mass is 9.95. The number of nitrogens with one attached hydrogen (secondary N) is 1. The predicted octanol–water partition coefficient (Wildman–Crippen LogP) is 3.66. The summed E-state index contributed by atoms with van der Waals surface area (Å²) in [5, 5.41) is 3.35. The van der Waals surface area contributed by atoms with E-state index in [9.17, 15) is 0 Å². The molecule has 106 valence electrons. The highest BCUT2D eigenvalue weighted by atomic mass is 15.0. The first kappa shape index (κ1) is 14.4. The van der Waals surface area contributed by atoms with Gasteiger partial charge in [-0.05, 0) is 18.6 Å². The van der Waals surface area contributed by atoms with Gasteiger partial charge in [-0.15, -0.1) is 0 Å². The zero-order valence-corrected chi connectivity index (χ0v) is 12.6. The Hall–Kier alpha value is -1.97. The van der Waals surface area contributed by atoms with Crippen LogP contribution in [0.3, 0.4) is 0 Å². The fourth-order valence-electron chi connectivity index (χ4n) is 1.79. The molecule has 0 aliphatic heterocycles. The largest absolute Gasteiger partial charge is 0.370 e. The molecule has 0 atom stereocenters. The minimum Gasteiger partial charge on any atom is -0.370 e. The summed E-state index contributed by atoms with van der Waals surface area (Å²) in [7, 11) is 0. The van der Waals surface area contributed by atoms with Gasteiger partial charge >= 0.3 is 0 Å². The number of hydrogen-bond acceptors (Lipinski definition) is 4. The van der Waals surface area contributed by atoms with Crippen LogP contribution in [-0.2, 0) is 5.41 Å². The Balaban J connectivity index is 2.46. The standard InChI is InChI=1S/C16H22N4/c1-5-8-18-14-10-13(12-7-6-9-17-11-12)19-15(20-14)16(2,3)4/h6-7,9-11H,5,8H2,1-4H3,(H,18,19,20). The third kappa shape index (κ3) is 3.53. The van der Waals surface area contributed by atoms with E-state index in [0.717, 1.165) is 35.9 Å². The molecule has 20 heavy (non-hydrogen) atoms. The van der Waals surface area contributed by atoms with E-state index in [2.05, 4.69) is 43.0 Å². The molecule has 4 nitrogen and oxygen atoms in total. The van der Waals surface area contributed by atoms with Crippen molar-refractivity contribution in [3.05, 3.63) is 36.4 Å². The third-order valence-corrected chi connectivity index (χ3v) is 2.91. The highest BCUT2D eigenvalue weighted by molar-refractivity contribution is 5.61. The molecular formula is C16H22N4. The van der Waals surface area contributed by atoms with Crippen molar-refractivity contribution in [3.8, 4) is 11.3 Å². The Kier molecular flexibility index (Phi) is 4.32. The number of aromatic nitrogens is 3. The maximum atomic E-state index is 4.69. The van der Waals surface area contributed by atoms with E-state index < -0.39 is 0 Å². The third-order valence-electron chi connectivity index (χ3n) is 2.91. The maximum Gasteiger partial charge on any atom is 0.136 e. The van der Waals surface area contributed by atoms with Crippen LogP contribution in [0.1, 0.15) is 39.9 Å². The minimum absolute atomic E-state index is 0.0825. The van der Waals surface area contributed by atoms with Gasteiger partial charge in [-0.1, -0.05) is 27.7 Å². The van der Waals surface area contributed by atoms with E-state index in [-0.39, 0.29) is 5.41 Å². The Morgan fingerprint density at radius 1 is 1.20 bits per heavy atom. The van der Waals surface area contributed by atoms with Gasteiger partial charge < -0.3 is 5.32 Å². The normalized spacial score (nSPS) is 11.4. The summed E-state index contributed by atoms with van der Waals surface area (Å²) < 4.78 is 0. The molecule has 0 saturated heterocycles. The number of rotatable bonds is 4. The average molecular weight is 270 g/mol. The van der Waals surface area contributed by atoms with Gasteiger partial charge in [0.15, 0.2) is 0 Å².